The summed E-state index contributed by atoms with van der Waals surface area (Å²) >= 11 is -1.86. The minimum atomic E-state index is -1.86. The second kappa shape index (κ2) is 5.47. The van der Waals surface area contributed by atoms with E-state index in [2.05, 4.69) is 0 Å². The average Bonchev–Trinajstić information content (AvgIpc) is 1.82. The number of hydrogen-bond acceptors (Lipinski definition) is 1. The van der Waals surface area contributed by atoms with Crippen molar-refractivity contribution in [3.05, 3.63) is 28.8 Å². The first kappa shape index (κ1) is 13.6. The first-order valence-corrected chi connectivity index (χ1v) is 4.81. The first-order valence-electron chi connectivity index (χ1n) is 3.71. The van der Waals surface area contributed by atoms with E-state index in [9.17, 15) is 4.21 Å². The molecule has 2 nitrogen and oxygen atoms in total. The molecule has 1 N–H and O–H groups in total. The van der Waals surface area contributed by atoms with E-state index in [1.54, 1.807) is 0 Å². The molecule has 1 aromatic rings. The Morgan fingerprint density at radius 3 is 1.85 bits per heavy atom. The van der Waals surface area contributed by atoms with Gasteiger partial charge in [-0.1, -0.05) is 17.7 Å². The zero-order valence-electron chi connectivity index (χ0n) is 7.42. The predicted octanol–water partition coefficient (Wildman–Crippen LogP) is 1.28. The van der Waals surface area contributed by atoms with E-state index in [4.69, 9.17) is 4.55 Å². The summed E-state index contributed by atoms with van der Waals surface area (Å²) in [6, 6.07) is 3.83. The Bertz CT molecular complexity index is 313. The molecular formula is C9H14CaO2S. The van der Waals surface area contributed by atoms with Crippen molar-refractivity contribution >= 4 is 48.8 Å². The van der Waals surface area contributed by atoms with Crippen LogP contribution in [-0.2, 0) is 11.1 Å². The van der Waals surface area contributed by atoms with E-state index >= 15 is 0 Å². The van der Waals surface area contributed by atoms with Crippen LogP contribution < -0.4 is 0 Å². The van der Waals surface area contributed by atoms with E-state index < -0.39 is 11.1 Å². The van der Waals surface area contributed by atoms with Gasteiger partial charge < -0.3 is 4.55 Å². The van der Waals surface area contributed by atoms with Gasteiger partial charge in [0.05, 0.1) is 4.90 Å². The van der Waals surface area contributed by atoms with Crippen LogP contribution in [-0.4, -0.2) is 46.5 Å². The molecule has 0 saturated heterocycles. The summed E-state index contributed by atoms with van der Waals surface area (Å²) in [5.41, 5.74) is 2.89. The van der Waals surface area contributed by atoms with Gasteiger partial charge in [0.15, 0.2) is 11.1 Å². The second-order valence-electron chi connectivity index (χ2n) is 2.98. The Morgan fingerprint density at radius 1 is 1.15 bits per heavy atom. The molecule has 0 amide bonds. The molecule has 1 rings (SSSR count). The van der Waals surface area contributed by atoms with Crippen LogP contribution in [0.3, 0.4) is 0 Å². The predicted molar refractivity (Wildman–Crippen MR) is 58.2 cm³/mol. The third-order valence-electron chi connectivity index (χ3n) is 1.78. The number of rotatable bonds is 1. The molecule has 0 aliphatic carbocycles. The van der Waals surface area contributed by atoms with Crippen LogP contribution in [0.5, 0.6) is 0 Å². The van der Waals surface area contributed by atoms with Crippen LogP contribution >= 0.6 is 0 Å². The molecule has 0 spiro atoms. The van der Waals surface area contributed by atoms with Crippen LogP contribution in [0.1, 0.15) is 16.7 Å². The zero-order chi connectivity index (χ0) is 9.30. The molecule has 70 valence electrons. The Morgan fingerprint density at radius 2 is 1.54 bits per heavy atom. The van der Waals surface area contributed by atoms with Crippen LogP contribution in [0, 0.1) is 20.8 Å². The van der Waals surface area contributed by atoms with Crippen LogP contribution in [0.15, 0.2) is 17.0 Å². The Labute approximate surface area is 111 Å². The molecule has 0 aromatic heterocycles. The fourth-order valence-electron chi connectivity index (χ4n) is 1.44. The molecule has 0 saturated carbocycles. The van der Waals surface area contributed by atoms with Crippen molar-refractivity contribution in [2.75, 3.05) is 0 Å². The van der Waals surface area contributed by atoms with Gasteiger partial charge in [-0.3, -0.25) is 0 Å². The van der Waals surface area contributed by atoms with Crippen molar-refractivity contribution in [1.29, 1.82) is 0 Å². The van der Waals surface area contributed by atoms with Gasteiger partial charge in [0.1, 0.15) is 0 Å². The summed E-state index contributed by atoms with van der Waals surface area (Å²) in [5.74, 6) is 0. The number of benzene rings is 1. The summed E-state index contributed by atoms with van der Waals surface area (Å²) in [4.78, 5) is 0.542. The van der Waals surface area contributed by atoms with Crippen molar-refractivity contribution in [3.8, 4) is 0 Å². The molecular weight excluding hydrogens is 212 g/mol. The van der Waals surface area contributed by atoms with Crippen LogP contribution in [0.25, 0.3) is 0 Å². The third kappa shape index (κ3) is 3.33. The van der Waals surface area contributed by atoms with Crippen LogP contribution in [0.2, 0.25) is 0 Å². The normalized spacial score (nSPS) is 12.0. The molecule has 1 unspecified atom stereocenters. The standard InChI is InChI=1S/C9H12O2S.Ca.2H/c1-6-4-7(2)9(12(10)11)8(3)5-6;;;/h4-5H,1-3H3,(H,10,11);;;. The molecule has 0 radical (unpaired) electrons. The third-order valence-corrected chi connectivity index (χ3v) is 2.77. The van der Waals surface area contributed by atoms with Gasteiger partial charge in [-0.2, -0.15) is 0 Å². The maximum absolute atomic E-state index is 10.9. The molecule has 0 aliphatic heterocycles. The van der Waals surface area contributed by atoms with Gasteiger partial charge in [-0.25, -0.2) is 4.21 Å². The van der Waals surface area contributed by atoms with E-state index in [-0.39, 0.29) is 37.7 Å². The number of hydrogen-bond donors (Lipinski definition) is 1. The van der Waals surface area contributed by atoms with Crippen molar-refractivity contribution in [2.45, 2.75) is 25.7 Å². The molecule has 1 atom stereocenters. The molecule has 13 heavy (non-hydrogen) atoms. The van der Waals surface area contributed by atoms with E-state index in [0.29, 0.717) is 4.90 Å². The fraction of sp³-hybridized carbons (Fsp3) is 0.333. The summed E-state index contributed by atoms with van der Waals surface area (Å²) in [5, 5.41) is 0. The van der Waals surface area contributed by atoms with Gasteiger partial charge in [0, 0.05) is 0 Å². The zero-order valence-corrected chi connectivity index (χ0v) is 8.23. The van der Waals surface area contributed by atoms with Crippen molar-refractivity contribution < 1.29 is 8.76 Å². The van der Waals surface area contributed by atoms with Crippen molar-refractivity contribution in [3.63, 3.8) is 0 Å². The molecule has 0 aliphatic rings. The molecule has 0 heterocycles. The van der Waals surface area contributed by atoms with E-state index in [1.807, 2.05) is 32.9 Å². The van der Waals surface area contributed by atoms with Gasteiger partial charge in [-0.15, -0.1) is 0 Å². The Balaban J connectivity index is 0.00000144. The Hall–Kier alpha value is 0.590. The van der Waals surface area contributed by atoms with Gasteiger partial charge >= 0.3 is 37.7 Å². The topological polar surface area (TPSA) is 37.3 Å². The number of aryl methyl sites for hydroxylation is 3. The summed E-state index contributed by atoms with van der Waals surface area (Å²) in [7, 11) is 0. The fourth-order valence-corrected chi connectivity index (χ4v) is 2.11. The molecule has 4 heteroatoms. The molecule has 0 bridgehead atoms. The summed E-state index contributed by atoms with van der Waals surface area (Å²) < 4.78 is 19.8. The van der Waals surface area contributed by atoms with Crippen molar-refractivity contribution in [1.82, 2.24) is 0 Å². The molecule has 1 aromatic carbocycles. The molecule has 0 fully saturated rings. The van der Waals surface area contributed by atoms with Gasteiger partial charge in [-0.05, 0) is 31.9 Å². The maximum atomic E-state index is 10.9. The Kier molecular flexibility index (Phi) is 5.71. The van der Waals surface area contributed by atoms with Crippen LogP contribution in [0.4, 0.5) is 0 Å². The SMILES string of the molecule is Cc1cc(C)c(S(=O)O)c(C)c1.[CaH2]. The monoisotopic (exact) mass is 226 g/mol. The van der Waals surface area contributed by atoms with E-state index in [1.165, 1.54) is 0 Å². The minimum absolute atomic E-state index is 0. The van der Waals surface area contributed by atoms with E-state index in [0.717, 1.165) is 16.7 Å². The first-order chi connectivity index (χ1) is 5.52. The van der Waals surface area contributed by atoms with Gasteiger partial charge in [0.2, 0.25) is 0 Å². The summed E-state index contributed by atoms with van der Waals surface area (Å²) in [6.45, 7) is 5.68. The quantitative estimate of drug-likeness (QED) is 0.578. The average molecular weight is 226 g/mol. The van der Waals surface area contributed by atoms with Gasteiger partial charge in [0.25, 0.3) is 0 Å². The second-order valence-corrected chi connectivity index (χ2v) is 3.88. The summed E-state index contributed by atoms with van der Waals surface area (Å²) in [6.07, 6.45) is 0. The van der Waals surface area contributed by atoms with Crippen molar-refractivity contribution in [2.24, 2.45) is 0 Å².